The summed E-state index contributed by atoms with van der Waals surface area (Å²) in [5.74, 6) is -5.75. The van der Waals surface area contributed by atoms with Crippen LogP contribution >= 0.6 is 0 Å². The monoisotopic (exact) mass is 2390 g/mol. The molecule has 0 bridgehead atoms. The van der Waals surface area contributed by atoms with Gasteiger partial charge in [-0.15, -0.1) is 0 Å². The van der Waals surface area contributed by atoms with Crippen molar-refractivity contribution >= 4 is 178 Å². The van der Waals surface area contributed by atoms with Crippen LogP contribution in [-0.2, 0) is 262 Å². The number of amides is 2. The summed E-state index contributed by atoms with van der Waals surface area (Å²) in [6.07, 6.45) is -73.2. The first-order valence-corrected chi connectivity index (χ1v) is 47.4. The van der Waals surface area contributed by atoms with E-state index in [1.54, 1.807) is 0 Å². The van der Waals surface area contributed by atoms with E-state index in [2.05, 4.69) is 76.4 Å². The summed E-state index contributed by atoms with van der Waals surface area (Å²) in [5, 5.41) is 2.32. The third-order valence-electron chi connectivity index (χ3n) is 11.4. The molecular formula is C27H34N2Na16O70S16. The Hall–Kier alpha value is 12.7. The van der Waals surface area contributed by atoms with Crippen LogP contribution in [0.1, 0.15) is 6.42 Å². The minimum Gasteiger partial charge on any atom is -0.726 e. The average molecular weight is 2390 g/mol. The van der Waals surface area contributed by atoms with Crippen LogP contribution in [0.3, 0.4) is 0 Å². The van der Waals surface area contributed by atoms with Crippen LogP contribution in [0.2, 0.25) is 0 Å². The largest absolute Gasteiger partial charge is 1.00 e. The van der Waals surface area contributed by atoms with Gasteiger partial charge in [-0.25, -0.2) is 135 Å². The molecule has 0 aromatic rings. The maximum Gasteiger partial charge on any atom is 1.00 e. The number of hydrogen-bond acceptors (Lipinski definition) is 70. The van der Waals surface area contributed by atoms with Gasteiger partial charge in [0.25, 0.3) is 11.8 Å². The zero-order valence-electron chi connectivity index (χ0n) is 68.5. The Morgan fingerprint density at radius 1 is 0.244 bits per heavy atom. The first-order valence-electron chi connectivity index (χ1n) is 26.0. The molecule has 2 saturated heterocycles. The molecule has 2 N–H and O–H groups in total. The van der Waals surface area contributed by atoms with Crippen molar-refractivity contribution < 1.29 is 776 Å². The van der Waals surface area contributed by atoms with Crippen LogP contribution in [0, 0.1) is 0 Å². The second kappa shape index (κ2) is 73.3. The molecular weight excluding hydrogens is 2350 g/mol. The minimum atomic E-state index is -7.20. The number of carbonyl (C=O) groups is 2. The van der Waals surface area contributed by atoms with Gasteiger partial charge in [0.1, 0.15) is 73.2 Å². The van der Waals surface area contributed by atoms with Gasteiger partial charge in [-0.3, -0.25) is 76.5 Å². The first kappa shape index (κ1) is 177. The van der Waals surface area contributed by atoms with Gasteiger partial charge in [0, 0.05) is 13.1 Å². The molecule has 0 radical (unpaired) electrons. The molecule has 2 amide bonds. The Morgan fingerprint density at radius 2 is 0.435 bits per heavy atom. The van der Waals surface area contributed by atoms with Gasteiger partial charge in [-0.2, -0.15) is 0 Å². The molecule has 131 heavy (non-hydrogen) atoms. The molecule has 72 nitrogen and oxygen atoms in total. The van der Waals surface area contributed by atoms with Crippen molar-refractivity contribution in [3.63, 3.8) is 0 Å². The molecule has 0 aromatic heterocycles. The zero-order chi connectivity index (χ0) is 90.1. The van der Waals surface area contributed by atoms with Crippen LogP contribution < -0.4 is 484 Å². The number of rotatable bonds is 52. The van der Waals surface area contributed by atoms with Gasteiger partial charge in [-0.05, 0) is 6.42 Å². The van der Waals surface area contributed by atoms with E-state index in [1.807, 2.05) is 0 Å². The van der Waals surface area contributed by atoms with Crippen molar-refractivity contribution in [3.8, 4) is 0 Å². The maximum atomic E-state index is 13.8. The third kappa shape index (κ3) is 82.8. The predicted molar refractivity (Wildman–Crippen MR) is 295 cm³/mol. The Bertz CT molecular complexity index is 5100. The topological polar surface area (TPSA) is 1160 Å². The summed E-state index contributed by atoms with van der Waals surface area (Å²) in [5.41, 5.74) is 0. The van der Waals surface area contributed by atoms with Gasteiger partial charge >= 0.3 is 473 Å². The summed E-state index contributed by atoms with van der Waals surface area (Å²) in [4.78, 5) is 27.5. The fourth-order valence-electron chi connectivity index (χ4n) is 8.32. The molecule has 104 heteroatoms. The second-order valence-corrected chi connectivity index (χ2v) is 35.9. The molecule has 0 spiro atoms. The molecule has 0 aliphatic carbocycles. The van der Waals surface area contributed by atoms with E-state index in [0.29, 0.717) is 0 Å². The van der Waals surface area contributed by atoms with E-state index in [-0.39, 0.29) is 473 Å². The summed E-state index contributed by atoms with van der Waals surface area (Å²) in [6, 6.07) is 0. The fraction of sp³-hybridized carbons (Fsp3) is 0.926. The normalized spacial score (nSPS) is 21.3. The van der Waals surface area contributed by atoms with Gasteiger partial charge < -0.3 is 102 Å². The fourth-order valence-corrected chi connectivity index (χ4v) is 15.7. The Kier molecular flexibility index (Phi) is 98.9. The van der Waals surface area contributed by atoms with Crippen LogP contribution in [0.25, 0.3) is 0 Å². The van der Waals surface area contributed by atoms with E-state index >= 15 is 0 Å². The number of nitrogens with one attached hydrogen (secondary N) is 2. The molecule has 2 rings (SSSR count). The molecule has 2 aliphatic heterocycles. The zero-order valence-corrected chi connectivity index (χ0v) is 114. The number of carbonyl (C=O) groups excluding carboxylic acids is 2. The Balaban J connectivity index is -0.000000647. The molecule has 2 heterocycles. The third-order valence-corrected chi connectivity index (χ3v) is 18.7. The van der Waals surface area contributed by atoms with Crippen LogP contribution in [-0.4, -0.2) is 369 Å². The van der Waals surface area contributed by atoms with Crippen molar-refractivity contribution in [3.05, 3.63) is 0 Å². The van der Waals surface area contributed by atoms with E-state index < -0.39 is 334 Å². The molecule has 18 atom stereocenters. The van der Waals surface area contributed by atoms with Crippen molar-refractivity contribution in [2.24, 2.45) is 0 Å². The van der Waals surface area contributed by atoms with E-state index in [0.717, 1.165) is 10.6 Å². The molecule has 2 aliphatic rings. The van der Waals surface area contributed by atoms with Crippen LogP contribution in [0.15, 0.2) is 0 Å². The van der Waals surface area contributed by atoms with Gasteiger partial charge in [-0.1, -0.05) is 0 Å². The Morgan fingerprint density at radius 3 is 0.626 bits per heavy atom. The second-order valence-electron chi connectivity index (χ2n) is 19.7. The van der Waals surface area contributed by atoms with E-state index in [4.69, 9.17) is 9.47 Å². The van der Waals surface area contributed by atoms with Gasteiger partial charge in [0.05, 0.1) is 26.4 Å². The molecule has 0 unspecified atom stereocenters. The SMILES string of the molecule is O=C(NCCCNC(=O)[C@H](OS(=O)(=O)[O-])[C@@H](OS(=O)(=O)[O-])[C@H](OS(=O)(=O)[O-])[C@@H](CO[C@H]1O[C@H](COS(=O)(=O)[O-])[C@H](OS(=O)(=O)[O-])[C@H](OS(=O)(=O)[O-])[C@H]1OS(=O)(=O)[O-])OS(=O)(=O)[O-])[C@H](OS(=O)(=O)[O-])[C@@H](OS(=O)(=O)[O-])[C@H](OS(=O)(=O)[O-])[C@@H](CO[C@H]1O[C@H](COS(=O)(=O)[O-])[C@H](OS(=O)(=O)[O-])[C@H](OS(=O)(=O)[O-])[C@H]1OS(=O)(=O)[O-])OS(=O)(=O)[O-].[Na+].[Na+].[Na+].[Na+].[Na+].[Na+].[Na+].[Na+].[Na+].[Na+].[Na+].[Na+].[Na+].[Na+].[Na+].[Na+]. The summed E-state index contributed by atoms with van der Waals surface area (Å²) < 4.78 is 650. The summed E-state index contributed by atoms with van der Waals surface area (Å²) in [6.45, 7) is -13.8. The Labute approximate surface area is 1100 Å². The van der Waals surface area contributed by atoms with E-state index in [9.17, 15) is 217 Å². The van der Waals surface area contributed by atoms with E-state index in [1.165, 1.54) is 0 Å². The molecule has 0 aromatic carbocycles. The maximum absolute atomic E-state index is 13.8. The van der Waals surface area contributed by atoms with Crippen molar-refractivity contribution in [1.29, 1.82) is 0 Å². The minimum absolute atomic E-state index is 0. The predicted octanol–water partition coefficient (Wildman–Crippen LogP) is -68.1. The summed E-state index contributed by atoms with van der Waals surface area (Å²) in [7, 11) is -110. The first-order chi connectivity index (χ1) is 50.8. The quantitative estimate of drug-likeness (QED) is 0.0247. The van der Waals surface area contributed by atoms with Gasteiger partial charge in [0.2, 0.25) is 166 Å². The van der Waals surface area contributed by atoms with Crippen LogP contribution in [0.4, 0.5) is 0 Å². The standard InChI is InChI=1S/C27H50N2O70S16.16Na/c30-24(20(96-112(68,69)70)16(92-108(56,57)58)14(90-106(50,51)52)10(86-102(38,39)40)4-80-26-22(98-114(74,75)76)18(94-110(62,63)64)12(88-104(44,45)46)8(84-26)6-82-100(32,33)34)28-2-1-3-29-25(31)21(97-113(71,72)73)17(93-109(59,60)61)15(91-107(53,54)55)11(87-103(41,42)43)5-81-27-23(99-115(77,78)79)19(95-111(65,66)67)13(89-105(47,48)49)9(85-27)7-83-101(35,36)37;;;;;;;;;;;;;;;;/h8-23,26-27H,1-7H2,(H,28,30)(H,29,31)(H,32,33,34)(H,35,36,37)(H,38,39,40)(H,41,42,43)(H,44,45,46)(H,47,48,49)(H,50,51,52)(H,53,54,55)(H,56,57,58)(H,59,60,61)(H,62,63,64)(H,65,66,67)(H,68,69,70)(H,71,72,73)(H,74,75,76)(H,77,78,79);;;;;;;;;;;;;;;;/q;16*+1/p-16/t8-,9-,10-,11-,12+,13+,14-,15-,16+,17+,18+,19+,20-,21-,22-,23-,26+,27+;;;;;;;;;;;;;;;;/m1................/s1. The van der Waals surface area contributed by atoms with Crippen LogP contribution in [0.5, 0.6) is 0 Å². The molecule has 2 fully saturated rings. The molecule has 0 saturated carbocycles. The number of ether oxygens (including phenoxy) is 4. The summed E-state index contributed by atoms with van der Waals surface area (Å²) >= 11 is 0. The number of hydrogen-bond donors (Lipinski definition) is 2. The van der Waals surface area contributed by atoms with Crippen molar-refractivity contribution in [2.75, 3.05) is 39.5 Å². The van der Waals surface area contributed by atoms with Gasteiger partial charge in [0.15, 0.2) is 37.0 Å². The van der Waals surface area contributed by atoms with Crippen molar-refractivity contribution in [2.45, 2.75) is 117 Å². The molecule has 684 valence electrons. The smallest absolute Gasteiger partial charge is 0.726 e. The average Bonchev–Trinajstić information content (AvgIpc) is 0.772. The van der Waals surface area contributed by atoms with Crippen molar-refractivity contribution in [1.82, 2.24) is 10.6 Å².